The number of hydrogen-bond acceptors (Lipinski definition) is 5. The Morgan fingerprint density at radius 1 is 0.968 bits per heavy atom. The molecule has 6 nitrogen and oxygen atoms in total. The summed E-state index contributed by atoms with van der Waals surface area (Å²) < 4.78 is 15.9. The SMILES string of the molecule is CN(C)c1ccc(-c2ccc(N3CCC(n4ccc5ccc(F)cc54)CC3)nn2)cn1. The molecule has 1 aliphatic rings. The van der Waals surface area contributed by atoms with Gasteiger partial charge in [0.05, 0.1) is 11.2 Å². The molecular weight excluding hydrogens is 391 g/mol. The van der Waals surface area contributed by atoms with Crippen LogP contribution in [0.1, 0.15) is 18.9 Å². The standard InChI is InChI=1S/C24H25FN6/c1-29(2)23-7-4-18(16-26-23)21-6-8-24(28-27-21)30-12-10-20(11-13-30)31-14-9-17-3-5-19(25)15-22(17)31/h3-9,14-16,20H,10-13H2,1-2H3. The van der Waals surface area contributed by atoms with E-state index in [-0.39, 0.29) is 5.82 Å². The second-order valence-corrected chi connectivity index (χ2v) is 8.22. The number of piperidine rings is 1. The minimum Gasteiger partial charge on any atom is -0.363 e. The maximum Gasteiger partial charge on any atom is 0.151 e. The number of anilines is 2. The van der Waals surface area contributed by atoms with Gasteiger partial charge in [-0.25, -0.2) is 9.37 Å². The molecule has 4 aromatic rings. The highest BCUT2D eigenvalue weighted by Gasteiger charge is 2.22. The monoisotopic (exact) mass is 416 g/mol. The van der Waals surface area contributed by atoms with Crippen molar-refractivity contribution in [3.05, 3.63) is 66.7 Å². The Balaban J connectivity index is 1.26. The van der Waals surface area contributed by atoms with Crippen LogP contribution < -0.4 is 9.80 Å². The van der Waals surface area contributed by atoms with Crippen molar-refractivity contribution in [3.63, 3.8) is 0 Å². The molecule has 1 fully saturated rings. The number of fused-ring (bicyclic) bond motifs is 1. The second kappa shape index (κ2) is 7.98. The highest BCUT2D eigenvalue weighted by Crippen LogP contribution is 2.30. The molecule has 7 heteroatoms. The van der Waals surface area contributed by atoms with Crippen LogP contribution in [-0.4, -0.2) is 46.9 Å². The topological polar surface area (TPSA) is 50.1 Å². The molecule has 4 heterocycles. The molecule has 5 rings (SSSR count). The third-order valence-corrected chi connectivity index (χ3v) is 6.02. The highest BCUT2D eigenvalue weighted by molar-refractivity contribution is 5.80. The molecule has 158 valence electrons. The van der Waals surface area contributed by atoms with Gasteiger partial charge in [0.25, 0.3) is 0 Å². The zero-order valence-corrected chi connectivity index (χ0v) is 17.7. The van der Waals surface area contributed by atoms with Crippen LogP contribution in [0.4, 0.5) is 16.0 Å². The number of halogens is 1. The van der Waals surface area contributed by atoms with Gasteiger partial charge in [-0.2, -0.15) is 0 Å². The fourth-order valence-corrected chi connectivity index (χ4v) is 4.26. The van der Waals surface area contributed by atoms with Gasteiger partial charge in [0.1, 0.15) is 11.6 Å². The van der Waals surface area contributed by atoms with Gasteiger partial charge in [-0.3, -0.25) is 0 Å². The Kier molecular flexibility index (Phi) is 5.02. The van der Waals surface area contributed by atoms with Crippen LogP contribution in [0.15, 0.2) is 60.9 Å². The Morgan fingerprint density at radius 2 is 1.81 bits per heavy atom. The summed E-state index contributed by atoms with van der Waals surface area (Å²) in [6.07, 6.45) is 5.88. The van der Waals surface area contributed by atoms with Crippen LogP contribution >= 0.6 is 0 Å². The van der Waals surface area contributed by atoms with E-state index >= 15 is 0 Å². The number of rotatable bonds is 4. The lowest BCUT2D eigenvalue weighted by atomic mass is 10.0. The van der Waals surface area contributed by atoms with E-state index in [1.54, 1.807) is 6.07 Å². The number of aromatic nitrogens is 4. The Hall–Kier alpha value is -3.48. The quantitative estimate of drug-likeness (QED) is 0.489. The number of pyridine rings is 1. The van der Waals surface area contributed by atoms with Crippen LogP contribution in [0.2, 0.25) is 0 Å². The lowest BCUT2D eigenvalue weighted by molar-refractivity contribution is 0.403. The molecular formula is C24H25FN6. The van der Waals surface area contributed by atoms with Crippen molar-refractivity contribution in [1.82, 2.24) is 19.7 Å². The van der Waals surface area contributed by atoms with Gasteiger partial charge in [-0.1, -0.05) is 0 Å². The molecule has 1 saturated heterocycles. The molecule has 0 radical (unpaired) electrons. The smallest absolute Gasteiger partial charge is 0.151 e. The van der Waals surface area contributed by atoms with Crippen molar-refractivity contribution in [3.8, 4) is 11.3 Å². The lowest BCUT2D eigenvalue weighted by Crippen LogP contribution is -2.35. The fraction of sp³-hybridized carbons (Fsp3) is 0.292. The maximum absolute atomic E-state index is 13.7. The molecule has 1 aliphatic heterocycles. The molecule has 0 aliphatic carbocycles. The van der Waals surface area contributed by atoms with Crippen molar-refractivity contribution < 1.29 is 4.39 Å². The second-order valence-electron chi connectivity index (χ2n) is 8.22. The van der Waals surface area contributed by atoms with Crippen molar-refractivity contribution in [2.45, 2.75) is 18.9 Å². The van der Waals surface area contributed by atoms with Gasteiger partial charge < -0.3 is 14.4 Å². The summed E-state index contributed by atoms with van der Waals surface area (Å²) in [5, 5.41) is 9.97. The largest absolute Gasteiger partial charge is 0.363 e. The van der Waals surface area contributed by atoms with Crippen molar-refractivity contribution >= 4 is 22.5 Å². The zero-order chi connectivity index (χ0) is 21.4. The Morgan fingerprint density at radius 3 is 2.48 bits per heavy atom. The third kappa shape index (κ3) is 3.83. The van der Waals surface area contributed by atoms with E-state index in [9.17, 15) is 4.39 Å². The number of hydrogen-bond donors (Lipinski definition) is 0. The molecule has 0 saturated carbocycles. The first-order chi connectivity index (χ1) is 15.1. The van der Waals surface area contributed by atoms with Crippen LogP contribution in [0.5, 0.6) is 0 Å². The molecule has 0 unspecified atom stereocenters. The van der Waals surface area contributed by atoms with E-state index in [1.165, 1.54) is 6.07 Å². The third-order valence-electron chi connectivity index (χ3n) is 6.02. The number of benzene rings is 1. The summed E-state index contributed by atoms with van der Waals surface area (Å²) in [7, 11) is 3.94. The maximum atomic E-state index is 13.7. The first-order valence-corrected chi connectivity index (χ1v) is 10.6. The predicted octanol–water partition coefficient (Wildman–Crippen LogP) is 4.54. The van der Waals surface area contributed by atoms with Crippen LogP contribution in [0.3, 0.4) is 0 Å². The van der Waals surface area contributed by atoms with E-state index < -0.39 is 0 Å². The summed E-state index contributed by atoms with van der Waals surface area (Å²) in [5.74, 6) is 1.62. The summed E-state index contributed by atoms with van der Waals surface area (Å²) in [4.78, 5) is 8.69. The zero-order valence-electron chi connectivity index (χ0n) is 17.7. The minimum atomic E-state index is -0.188. The van der Waals surface area contributed by atoms with E-state index in [0.29, 0.717) is 6.04 Å². The molecule has 0 spiro atoms. The van der Waals surface area contributed by atoms with Crippen LogP contribution in [0.25, 0.3) is 22.2 Å². The number of nitrogens with zero attached hydrogens (tertiary/aromatic N) is 6. The average Bonchev–Trinajstić information content (AvgIpc) is 3.22. The van der Waals surface area contributed by atoms with Crippen molar-refractivity contribution in [1.29, 1.82) is 0 Å². The molecule has 1 aromatic carbocycles. The minimum absolute atomic E-state index is 0.188. The highest BCUT2D eigenvalue weighted by atomic mass is 19.1. The van der Waals surface area contributed by atoms with E-state index in [1.807, 2.05) is 55.5 Å². The summed E-state index contributed by atoms with van der Waals surface area (Å²) in [6, 6.07) is 15.4. The van der Waals surface area contributed by atoms with Crippen LogP contribution in [0, 0.1) is 5.82 Å². The molecule has 3 aromatic heterocycles. The van der Waals surface area contributed by atoms with Crippen LogP contribution in [-0.2, 0) is 0 Å². The first-order valence-electron chi connectivity index (χ1n) is 10.6. The van der Waals surface area contributed by atoms with Gasteiger partial charge in [-0.15, -0.1) is 10.2 Å². The van der Waals surface area contributed by atoms with Crippen molar-refractivity contribution in [2.75, 3.05) is 37.0 Å². The molecule has 0 amide bonds. The molecule has 0 bridgehead atoms. The molecule has 0 N–H and O–H groups in total. The lowest BCUT2D eigenvalue weighted by Gasteiger charge is -2.33. The van der Waals surface area contributed by atoms with Gasteiger partial charge in [-0.05, 0) is 66.8 Å². The van der Waals surface area contributed by atoms with Gasteiger partial charge in [0, 0.05) is 51.2 Å². The van der Waals surface area contributed by atoms with E-state index in [0.717, 1.165) is 59.7 Å². The normalized spacial score (nSPS) is 14.9. The van der Waals surface area contributed by atoms with E-state index in [2.05, 4.69) is 36.9 Å². The Bertz CT molecular complexity index is 1180. The molecule has 31 heavy (non-hydrogen) atoms. The predicted molar refractivity (Wildman–Crippen MR) is 122 cm³/mol. The van der Waals surface area contributed by atoms with E-state index in [4.69, 9.17) is 0 Å². The summed E-state index contributed by atoms with van der Waals surface area (Å²) >= 11 is 0. The molecule has 0 atom stereocenters. The summed E-state index contributed by atoms with van der Waals surface area (Å²) in [6.45, 7) is 1.79. The first kappa shape index (κ1) is 19.5. The van der Waals surface area contributed by atoms with Gasteiger partial charge in [0.15, 0.2) is 5.82 Å². The van der Waals surface area contributed by atoms with Gasteiger partial charge >= 0.3 is 0 Å². The van der Waals surface area contributed by atoms with Crippen molar-refractivity contribution in [2.24, 2.45) is 0 Å². The summed E-state index contributed by atoms with van der Waals surface area (Å²) in [5.41, 5.74) is 2.74. The average molecular weight is 417 g/mol. The Labute approximate surface area is 181 Å². The fourth-order valence-electron chi connectivity index (χ4n) is 4.26. The van der Waals surface area contributed by atoms with Gasteiger partial charge in [0.2, 0.25) is 0 Å².